The summed E-state index contributed by atoms with van der Waals surface area (Å²) in [5.41, 5.74) is 13.2. The molecule has 0 bridgehead atoms. The molecule has 1 aliphatic heterocycles. The number of thiophene rings is 1. The van der Waals surface area contributed by atoms with Crippen molar-refractivity contribution >= 4 is 51.0 Å². The highest BCUT2D eigenvalue weighted by Crippen LogP contribution is 2.49. The molecule has 4 aromatic carbocycles. The summed E-state index contributed by atoms with van der Waals surface area (Å²) < 4.78 is 8.92. The van der Waals surface area contributed by atoms with E-state index in [1.807, 2.05) is 11.3 Å². The molecule has 0 radical (unpaired) electrons. The van der Waals surface area contributed by atoms with Gasteiger partial charge in [-0.2, -0.15) is 0 Å². The number of hydrogen-bond acceptors (Lipinski definition) is 3. The maximum Gasteiger partial charge on any atom is 0.130 e. The molecule has 4 heteroatoms. The Hall–Kier alpha value is -5.06. The molecule has 3 nitrogen and oxygen atoms in total. The summed E-state index contributed by atoms with van der Waals surface area (Å²) in [4.78, 5) is 5.64. The second-order valence-electron chi connectivity index (χ2n) is 13.6. The lowest BCUT2D eigenvalue weighted by Crippen LogP contribution is -2.39. The van der Waals surface area contributed by atoms with Crippen LogP contribution in [0.2, 0.25) is 0 Å². The zero-order valence-electron chi connectivity index (χ0n) is 27.2. The highest BCUT2D eigenvalue weighted by atomic mass is 32.1. The monoisotopic (exact) mass is 640 g/mol. The lowest BCUT2D eigenvalue weighted by atomic mass is 9.85. The molecule has 3 aliphatic carbocycles. The van der Waals surface area contributed by atoms with E-state index in [0.717, 1.165) is 37.2 Å². The van der Waals surface area contributed by atoms with Crippen LogP contribution in [-0.2, 0) is 12.8 Å². The first kappa shape index (κ1) is 28.0. The van der Waals surface area contributed by atoms with Crippen molar-refractivity contribution in [2.75, 3.05) is 4.90 Å². The molecule has 6 aromatic rings. The van der Waals surface area contributed by atoms with E-state index < -0.39 is 0 Å². The molecule has 0 saturated heterocycles. The van der Waals surface area contributed by atoms with E-state index in [-0.39, 0.29) is 12.0 Å². The molecule has 0 amide bonds. The minimum atomic E-state index is 0.0846. The van der Waals surface area contributed by atoms with Gasteiger partial charge in [0, 0.05) is 43.2 Å². The maximum atomic E-state index is 6.49. The van der Waals surface area contributed by atoms with Crippen molar-refractivity contribution < 1.29 is 4.74 Å². The van der Waals surface area contributed by atoms with E-state index in [1.165, 1.54) is 76.4 Å². The molecule has 0 spiro atoms. The minimum absolute atomic E-state index is 0.0846. The molecule has 4 aliphatic rings. The average molecular weight is 641 g/mol. The van der Waals surface area contributed by atoms with Crippen LogP contribution in [0.5, 0.6) is 5.75 Å². The van der Waals surface area contributed by atoms with Gasteiger partial charge in [0.05, 0.1) is 23.0 Å². The number of hydrogen-bond donors (Lipinski definition) is 0. The van der Waals surface area contributed by atoms with Crippen molar-refractivity contribution in [1.29, 1.82) is 0 Å². The number of nitrogens with zero attached hydrogens (tertiary/aromatic N) is 2. The summed E-state index contributed by atoms with van der Waals surface area (Å²) in [6, 6.07) is 31.5. The van der Waals surface area contributed by atoms with Crippen LogP contribution in [0.3, 0.4) is 0 Å². The first-order valence-electron chi connectivity index (χ1n) is 17.2. The zero-order valence-corrected chi connectivity index (χ0v) is 28.1. The number of aromatic nitrogens is 1. The second-order valence-corrected chi connectivity index (χ2v) is 14.7. The van der Waals surface area contributed by atoms with E-state index in [4.69, 9.17) is 4.74 Å². The summed E-state index contributed by atoms with van der Waals surface area (Å²) in [5.74, 6) is 2.14. The highest BCUT2D eigenvalue weighted by molar-refractivity contribution is 7.13. The van der Waals surface area contributed by atoms with E-state index >= 15 is 0 Å². The van der Waals surface area contributed by atoms with Crippen LogP contribution in [0.4, 0.5) is 5.69 Å². The molecule has 2 aromatic heterocycles. The lowest BCUT2D eigenvalue weighted by molar-refractivity contribution is 0.414. The van der Waals surface area contributed by atoms with Gasteiger partial charge in [-0.25, -0.2) is 0 Å². The van der Waals surface area contributed by atoms with Crippen molar-refractivity contribution in [3.63, 3.8) is 0 Å². The standard InChI is InChI=1S/C44H36N2OS/c1-27-18-19-29(24-28(27)2)46-37-13-6-3-10-32(37)35-25-30(20-22-38(35)46)45(31-21-23-43-36(26-31)33-11-5-8-17-42(33)48-43)39-14-9-16-41-44(39)34-12-4-7-15-40(34)47-41/h3-4,6-10,12-20,22,24-26,39,44H,5,11,21,23H2,1-2H3. The number of anilines is 1. The number of allylic oxidation sites excluding steroid dienone is 4. The lowest BCUT2D eigenvalue weighted by Gasteiger charge is -2.39. The van der Waals surface area contributed by atoms with Gasteiger partial charge in [-0.1, -0.05) is 60.7 Å². The van der Waals surface area contributed by atoms with E-state index in [1.54, 1.807) is 0 Å². The van der Waals surface area contributed by atoms with Crippen LogP contribution in [0.1, 0.15) is 56.3 Å². The van der Waals surface area contributed by atoms with E-state index in [2.05, 4.69) is 145 Å². The Morgan fingerprint density at radius 2 is 1.71 bits per heavy atom. The Kier molecular flexibility index (Phi) is 6.26. The predicted octanol–water partition coefficient (Wildman–Crippen LogP) is 11.2. The van der Waals surface area contributed by atoms with Crippen LogP contribution in [0.25, 0.3) is 39.6 Å². The Morgan fingerprint density at radius 3 is 2.65 bits per heavy atom. The average Bonchev–Trinajstić information content (AvgIpc) is 3.79. The van der Waals surface area contributed by atoms with Crippen LogP contribution in [-0.4, -0.2) is 10.6 Å². The summed E-state index contributed by atoms with van der Waals surface area (Å²) in [6.45, 7) is 4.39. The summed E-state index contributed by atoms with van der Waals surface area (Å²) in [6.07, 6.45) is 18.3. The first-order chi connectivity index (χ1) is 23.6. The quantitative estimate of drug-likeness (QED) is 0.191. The van der Waals surface area contributed by atoms with Gasteiger partial charge < -0.3 is 14.2 Å². The second kappa shape index (κ2) is 10.7. The maximum absolute atomic E-state index is 6.49. The summed E-state index contributed by atoms with van der Waals surface area (Å²) in [7, 11) is 0. The van der Waals surface area contributed by atoms with Gasteiger partial charge in [0.1, 0.15) is 11.5 Å². The van der Waals surface area contributed by atoms with Crippen LogP contribution < -0.4 is 9.64 Å². The number of fused-ring (bicyclic) bond motifs is 9. The molecular weight excluding hydrogens is 605 g/mol. The summed E-state index contributed by atoms with van der Waals surface area (Å²) in [5, 5.41) is 2.56. The molecule has 0 fully saturated rings. The Morgan fingerprint density at radius 1 is 0.833 bits per heavy atom. The molecule has 3 heterocycles. The van der Waals surface area contributed by atoms with Crippen molar-refractivity contribution in [3.8, 4) is 11.4 Å². The van der Waals surface area contributed by atoms with Crippen molar-refractivity contribution in [2.45, 2.75) is 51.5 Å². The van der Waals surface area contributed by atoms with Crippen molar-refractivity contribution in [2.24, 2.45) is 0 Å². The predicted molar refractivity (Wildman–Crippen MR) is 202 cm³/mol. The number of para-hydroxylation sites is 2. The molecule has 234 valence electrons. The highest BCUT2D eigenvalue weighted by Gasteiger charge is 2.40. The molecular formula is C44H36N2OS. The minimum Gasteiger partial charge on any atom is -0.461 e. The smallest absolute Gasteiger partial charge is 0.130 e. The van der Waals surface area contributed by atoms with Gasteiger partial charge in [0.25, 0.3) is 0 Å². The number of benzene rings is 4. The normalized spacial score (nSPS) is 19.0. The van der Waals surface area contributed by atoms with Gasteiger partial charge in [-0.15, -0.1) is 11.3 Å². The van der Waals surface area contributed by atoms with Gasteiger partial charge in [-0.05, 0) is 122 Å². The topological polar surface area (TPSA) is 17.4 Å². The third kappa shape index (κ3) is 4.18. The molecule has 10 rings (SSSR count). The molecule has 48 heavy (non-hydrogen) atoms. The molecule has 0 N–H and O–H groups in total. The zero-order chi connectivity index (χ0) is 31.9. The molecule has 2 atom stereocenters. The van der Waals surface area contributed by atoms with E-state index in [9.17, 15) is 0 Å². The third-order valence-corrected chi connectivity index (χ3v) is 12.2. The molecule has 0 saturated carbocycles. The van der Waals surface area contributed by atoms with Crippen LogP contribution >= 0.6 is 11.3 Å². The first-order valence-corrected chi connectivity index (χ1v) is 18.0. The van der Waals surface area contributed by atoms with Gasteiger partial charge in [-0.3, -0.25) is 0 Å². The van der Waals surface area contributed by atoms with Crippen molar-refractivity contribution in [3.05, 3.63) is 158 Å². The van der Waals surface area contributed by atoms with Crippen molar-refractivity contribution in [1.82, 2.24) is 4.57 Å². The molecule has 2 unspecified atom stereocenters. The Balaban J connectivity index is 1.19. The van der Waals surface area contributed by atoms with Crippen LogP contribution in [0.15, 0.2) is 121 Å². The number of rotatable bonds is 4. The SMILES string of the molecule is Cc1ccc(-n2c3ccccc3c3cc(N(C4=Cc5c(sc6c5CCC=C6)CC4)C4C=CC=C5Oc6ccccc6C54)ccc32)cc1C. The fourth-order valence-electron chi connectivity index (χ4n) is 8.44. The van der Waals surface area contributed by atoms with Crippen LogP contribution in [0, 0.1) is 13.8 Å². The van der Waals surface area contributed by atoms with E-state index in [0.29, 0.717) is 0 Å². The summed E-state index contributed by atoms with van der Waals surface area (Å²) >= 11 is 2.00. The Labute approximate surface area is 285 Å². The largest absolute Gasteiger partial charge is 0.461 e. The fraction of sp³-hybridized carbons (Fsp3) is 0.182. The number of aryl methyl sites for hydroxylation is 3. The van der Waals surface area contributed by atoms with Gasteiger partial charge in [0.15, 0.2) is 0 Å². The van der Waals surface area contributed by atoms with Gasteiger partial charge in [0.2, 0.25) is 0 Å². The van der Waals surface area contributed by atoms with Gasteiger partial charge >= 0.3 is 0 Å². The fourth-order valence-corrected chi connectivity index (χ4v) is 9.70. The number of ether oxygens (including phenoxy) is 1. The Bertz CT molecular complexity index is 2430. The third-order valence-electron chi connectivity index (χ3n) is 10.9.